The van der Waals surface area contributed by atoms with Crippen LogP contribution in [0.1, 0.15) is 16.2 Å². The molecule has 0 amide bonds. The normalized spacial score (nSPS) is 10.8. The highest BCUT2D eigenvalue weighted by atomic mass is 79.9. The SMILES string of the molecule is O=C(OCc1nnc(-c2ccc(Br)cc2)o1)c1cccc2ccccc12. The first-order valence-corrected chi connectivity index (χ1v) is 8.73. The first-order valence-electron chi connectivity index (χ1n) is 7.94. The van der Waals surface area contributed by atoms with Crippen LogP contribution in [0.2, 0.25) is 0 Å². The lowest BCUT2D eigenvalue weighted by Crippen LogP contribution is -2.06. The standard InChI is InChI=1S/C20H13BrN2O3/c21-15-10-8-14(9-11-15)19-23-22-18(26-19)12-25-20(24)17-7-3-5-13-4-1-2-6-16(13)17/h1-11H,12H2. The minimum atomic E-state index is -0.426. The Balaban J connectivity index is 1.49. The van der Waals surface area contributed by atoms with Crippen molar-refractivity contribution in [3.63, 3.8) is 0 Å². The minimum absolute atomic E-state index is 0.0778. The molecule has 0 unspecified atom stereocenters. The van der Waals surface area contributed by atoms with Gasteiger partial charge >= 0.3 is 5.97 Å². The zero-order valence-electron chi connectivity index (χ0n) is 13.6. The lowest BCUT2D eigenvalue weighted by molar-refractivity contribution is 0.0441. The highest BCUT2D eigenvalue weighted by Crippen LogP contribution is 2.22. The van der Waals surface area contributed by atoms with Gasteiger partial charge in [0.2, 0.25) is 5.89 Å². The van der Waals surface area contributed by atoms with Gasteiger partial charge in [-0.25, -0.2) is 4.79 Å². The van der Waals surface area contributed by atoms with Crippen molar-refractivity contribution >= 4 is 32.7 Å². The molecule has 1 heterocycles. The van der Waals surface area contributed by atoms with Crippen LogP contribution in [-0.4, -0.2) is 16.2 Å². The fourth-order valence-electron chi connectivity index (χ4n) is 2.63. The number of nitrogens with zero attached hydrogens (tertiary/aromatic N) is 2. The number of fused-ring (bicyclic) bond motifs is 1. The summed E-state index contributed by atoms with van der Waals surface area (Å²) in [6.45, 7) is -0.0778. The average molecular weight is 409 g/mol. The van der Waals surface area contributed by atoms with Gasteiger partial charge in [0.15, 0.2) is 6.61 Å². The molecule has 0 atom stereocenters. The summed E-state index contributed by atoms with van der Waals surface area (Å²) in [4.78, 5) is 12.4. The molecular formula is C20H13BrN2O3. The molecule has 4 aromatic rings. The van der Waals surface area contributed by atoms with Crippen LogP contribution in [0.5, 0.6) is 0 Å². The lowest BCUT2D eigenvalue weighted by atomic mass is 10.1. The van der Waals surface area contributed by atoms with E-state index in [1.165, 1.54) is 0 Å². The van der Waals surface area contributed by atoms with Crippen molar-refractivity contribution < 1.29 is 13.9 Å². The lowest BCUT2D eigenvalue weighted by Gasteiger charge is -2.05. The molecule has 0 saturated carbocycles. The van der Waals surface area contributed by atoms with E-state index in [4.69, 9.17) is 9.15 Å². The van der Waals surface area contributed by atoms with Crippen LogP contribution < -0.4 is 0 Å². The second-order valence-corrected chi connectivity index (χ2v) is 6.53. The Hall–Kier alpha value is -2.99. The second-order valence-electron chi connectivity index (χ2n) is 5.61. The number of ether oxygens (including phenoxy) is 1. The molecule has 0 saturated heterocycles. The molecule has 0 aliphatic heterocycles. The van der Waals surface area contributed by atoms with E-state index in [1.807, 2.05) is 60.7 Å². The topological polar surface area (TPSA) is 65.2 Å². The van der Waals surface area contributed by atoms with Crippen molar-refractivity contribution in [3.05, 3.63) is 82.7 Å². The van der Waals surface area contributed by atoms with Crippen LogP contribution in [0, 0.1) is 0 Å². The monoisotopic (exact) mass is 408 g/mol. The van der Waals surface area contributed by atoms with Gasteiger partial charge in [-0.05, 0) is 41.1 Å². The van der Waals surface area contributed by atoms with E-state index in [9.17, 15) is 4.79 Å². The Labute approximate surface area is 157 Å². The summed E-state index contributed by atoms with van der Waals surface area (Å²) >= 11 is 3.38. The molecule has 128 valence electrons. The molecular weight excluding hydrogens is 396 g/mol. The molecule has 6 heteroatoms. The maximum Gasteiger partial charge on any atom is 0.339 e. The number of benzene rings is 3. The molecule has 0 fully saturated rings. The smallest absolute Gasteiger partial charge is 0.339 e. The molecule has 0 aliphatic carbocycles. The summed E-state index contributed by atoms with van der Waals surface area (Å²) in [5, 5.41) is 9.76. The number of carbonyl (C=O) groups is 1. The van der Waals surface area contributed by atoms with Gasteiger partial charge in [0.25, 0.3) is 5.89 Å². The quantitative estimate of drug-likeness (QED) is 0.444. The fraction of sp³-hybridized carbons (Fsp3) is 0.0500. The van der Waals surface area contributed by atoms with Gasteiger partial charge in [-0.1, -0.05) is 52.3 Å². The number of halogens is 1. The zero-order chi connectivity index (χ0) is 17.9. The van der Waals surface area contributed by atoms with E-state index in [2.05, 4.69) is 26.1 Å². The Kier molecular flexibility index (Phi) is 4.50. The molecule has 0 spiro atoms. The van der Waals surface area contributed by atoms with Crippen LogP contribution >= 0.6 is 15.9 Å². The Bertz CT molecular complexity index is 1070. The number of esters is 1. The molecule has 5 nitrogen and oxygen atoms in total. The molecule has 0 N–H and O–H groups in total. The maximum absolute atomic E-state index is 12.4. The minimum Gasteiger partial charge on any atom is -0.452 e. The molecule has 0 radical (unpaired) electrons. The summed E-state index contributed by atoms with van der Waals surface area (Å²) in [7, 11) is 0. The summed E-state index contributed by atoms with van der Waals surface area (Å²) < 4.78 is 11.9. The van der Waals surface area contributed by atoms with E-state index in [0.29, 0.717) is 11.5 Å². The van der Waals surface area contributed by atoms with E-state index >= 15 is 0 Å². The van der Waals surface area contributed by atoms with Crippen molar-refractivity contribution in [2.75, 3.05) is 0 Å². The molecule has 4 rings (SSSR count). The van der Waals surface area contributed by atoms with Crippen molar-refractivity contribution in [1.29, 1.82) is 0 Å². The van der Waals surface area contributed by atoms with E-state index in [0.717, 1.165) is 20.8 Å². The van der Waals surface area contributed by atoms with Crippen LogP contribution in [-0.2, 0) is 11.3 Å². The van der Waals surface area contributed by atoms with Crippen LogP contribution in [0.25, 0.3) is 22.2 Å². The van der Waals surface area contributed by atoms with Gasteiger partial charge in [0, 0.05) is 10.0 Å². The Morgan fingerprint density at radius 2 is 1.73 bits per heavy atom. The third-order valence-corrected chi connectivity index (χ3v) is 4.42. The fourth-order valence-corrected chi connectivity index (χ4v) is 2.89. The molecule has 26 heavy (non-hydrogen) atoms. The van der Waals surface area contributed by atoms with Crippen molar-refractivity contribution in [2.24, 2.45) is 0 Å². The highest BCUT2D eigenvalue weighted by Gasteiger charge is 2.14. The highest BCUT2D eigenvalue weighted by molar-refractivity contribution is 9.10. The summed E-state index contributed by atoms with van der Waals surface area (Å²) in [6, 6.07) is 20.7. The molecule has 1 aromatic heterocycles. The Morgan fingerprint density at radius 1 is 0.962 bits per heavy atom. The van der Waals surface area contributed by atoms with Crippen molar-refractivity contribution in [2.45, 2.75) is 6.61 Å². The van der Waals surface area contributed by atoms with Gasteiger partial charge in [-0.2, -0.15) is 0 Å². The zero-order valence-corrected chi connectivity index (χ0v) is 15.1. The third-order valence-electron chi connectivity index (χ3n) is 3.89. The van der Waals surface area contributed by atoms with Gasteiger partial charge in [-0.15, -0.1) is 10.2 Å². The molecule has 3 aromatic carbocycles. The first kappa shape index (κ1) is 16.5. The second kappa shape index (κ2) is 7.09. The average Bonchev–Trinajstić information content (AvgIpc) is 3.15. The maximum atomic E-state index is 12.4. The van der Waals surface area contributed by atoms with Crippen molar-refractivity contribution in [1.82, 2.24) is 10.2 Å². The summed E-state index contributed by atoms with van der Waals surface area (Å²) in [5.74, 6) is 0.204. The number of carbonyl (C=O) groups excluding carboxylic acids is 1. The van der Waals surface area contributed by atoms with E-state index in [1.54, 1.807) is 6.07 Å². The summed E-state index contributed by atoms with van der Waals surface area (Å²) in [6.07, 6.45) is 0. The van der Waals surface area contributed by atoms with Crippen LogP contribution in [0.3, 0.4) is 0 Å². The Morgan fingerprint density at radius 3 is 2.58 bits per heavy atom. The largest absolute Gasteiger partial charge is 0.452 e. The van der Waals surface area contributed by atoms with Gasteiger partial charge < -0.3 is 9.15 Å². The van der Waals surface area contributed by atoms with Gasteiger partial charge in [-0.3, -0.25) is 0 Å². The van der Waals surface area contributed by atoms with Crippen LogP contribution in [0.15, 0.2) is 75.6 Å². The number of rotatable bonds is 4. The van der Waals surface area contributed by atoms with Gasteiger partial charge in [0.1, 0.15) is 0 Å². The summed E-state index contributed by atoms with van der Waals surface area (Å²) in [5.41, 5.74) is 1.31. The first-order chi connectivity index (χ1) is 12.7. The predicted molar refractivity (Wildman–Crippen MR) is 101 cm³/mol. The molecule has 0 aliphatic rings. The number of aromatic nitrogens is 2. The number of hydrogen-bond donors (Lipinski definition) is 0. The van der Waals surface area contributed by atoms with E-state index in [-0.39, 0.29) is 12.5 Å². The van der Waals surface area contributed by atoms with Crippen LogP contribution in [0.4, 0.5) is 0 Å². The molecule has 0 bridgehead atoms. The van der Waals surface area contributed by atoms with Crippen molar-refractivity contribution in [3.8, 4) is 11.5 Å². The predicted octanol–water partition coefficient (Wildman–Crippen LogP) is 5.01. The number of hydrogen-bond acceptors (Lipinski definition) is 5. The van der Waals surface area contributed by atoms with Gasteiger partial charge in [0.05, 0.1) is 5.56 Å². The third kappa shape index (κ3) is 3.36. The van der Waals surface area contributed by atoms with E-state index < -0.39 is 5.97 Å².